The van der Waals surface area contributed by atoms with Gasteiger partial charge in [0.05, 0.1) is 5.02 Å². The lowest BCUT2D eigenvalue weighted by atomic mass is 10.2. The molecular formula is C9H12ClFN2O. The summed E-state index contributed by atoms with van der Waals surface area (Å²) in [6.07, 6.45) is 1.92. The first-order chi connectivity index (χ1) is 6.63. The van der Waals surface area contributed by atoms with Crippen LogP contribution in [0.15, 0.2) is 12.3 Å². The molecule has 1 aromatic heterocycles. The molecule has 78 valence electrons. The van der Waals surface area contributed by atoms with Gasteiger partial charge in [-0.25, -0.2) is 9.37 Å². The van der Waals surface area contributed by atoms with Gasteiger partial charge in [-0.15, -0.1) is 0 Å². The number of nitrogens with zero attached hydrogens (tertiary/aromatic N) is 1. The zero-order chi connectivity index (χ0) is 10.6. The molecule has 0 amide bonds. The molecule has 0 fully saturated rings. The van der Waals surface area contributed by atoms with Crippen molar-refractivity contribution in [3.8, 4) is 0 Å². The Morgan fingerprint density at radius 1 is 1.71 bits per heavy atom. The minimum absolute atomic E-state index is 0.0248. The highest BCUT2D eigenvalue weighted by molar-refractivity contribution is 6.30. The molecule has 1 atom stereocenters. The number of aromatic nitrogens is 1. The summed E-state index contributed by atoms with van der Waals surface area (Å²) < 4.78 is 13.2. The molecule has 0 radical (unpaired) electrons. The van der Waals surface area contributed by atoms with Crippen molar-refractivity contribution in [2.75, 3.05) is 11.9 Å². The van der Waals surface area contributed by atoms with E-state index >= 15 is 0 Å². The number of nitrogens with one attached hydrogen (secondary N) is 1. The second-order valence-electron chi connectivity index (χ2n) is 3.04. The fraction of sp³-hybridized carbons (Fsp3) is 0.444. The summed E-state index contributed by atoms with van der Waals surface area (Å²) >= 11 is 5.54. The predicted octanol–water partition coefficient (Wildman–Crippen LogP) is 2.06. The van der Waals surface area contributed by atoms with Crippen LogP contribution in [0, 0.1) is 5.82 Å². The second kappa shape index (κ2) is 5.12. The first-order valence-electron chi connectivity index (χ1n) is 4.32. The zero-order valence-electron chi connectivity index (χ0n) is 7.80. The molecule has 1 rings (SSSR count). The van der Waals surface area contributed by atoms with E-state index in [-0.39, 0.29) is 23.5 Å². The average Bonchev–Trinajstić information content (AvgIpc) is 2.10. The van der Waals surface area contributed by atoms with Crippen LogP contribution in [0.25, 0.3) is 0 Å². The zero-order valence-corrected chi connectivity index (χ0v) is 8.55. The molecule has 1 heterocycles. The number of rotatable bonds is 4. The van der Waals surface area contributed by atoms with Crippen LogP contribution in [0.2, 0.25) is 5.02 Å². The van der Waals surface area contributed by atoms with Crippen molar-refractivity contribution in [1.82, 2.24) is 4.98 Å². The van der Waals surface area contributed by atoms with Crippen molar-refractivity contribution in [2.24, 2.45) is 0 Å². The predicted molar refractivity (Wildman–Crippen MR) is 54.0 cm³/mol. The molecule has 1 aromatic rings. The molecule has 0 aliphatic carbocycles. The van der Waals surface area contributed by atoms with E-state index in [1.165, 1.54) is 12.3 Å². The Bertz CT molecular complexity index is 309. The average molecular weight is 219 g/mol. The van der Waals surface area contributed by atoms with Crippen molar-refractivity contribution in [3.05, 3.63) is 23.1 Å². The van der Waals surface area contributed by atoms with Crippen molar-refractivity contribution >= 4 is 17.4 Å². The van der Waals surface area contributed by atoms with Gasteiger partial charge in [0, 0.05) is 18.8 Å². The van der Waals surface area contributed by atoms with Crippen LogP contribution in [0.5, 0.6) is 0 Å². The number of aliphatic hydroxyl groups is 1. The molecule has 0 bridgehead atoms. The Morgan fingerprint density at radius 2 is 2.43 bits per heavy atom. The maximum Gasteiger partial charge on any atom is 0.166 e. The van der Waals surface area contributed by atoms with Gasteiger partial charge < -0.3 is 10.4 Å². The van der Waals surface area contributed by atoms with E-state index in [2.05, 4.69) is 10.3 Å². The van der Waals surface area contributed by atoms with Crippen molar-refractivity contribution < 1.29 is 9.50 Å². The molecule has 2 N–H and O–H groups in total. The number of hydrogen-bond acceptors (Lipinski definition) is 3. The van der Waals surface area contributed by atoms with E-state index in [0.29, 0.717) is 6.42 Å². The van der Waals surface area contributed by atoms with Gasteiger partial charge in [-0.2, -0.15) is 0 Å². The van der Waals surface area contributed by atoms with Gasteiger partial charge in [0.15, 0.2) is 11.6 Å². The molecule has 1 unspecified atom stereocenters. The summed E-state index contributed by atoms with van der Waals surface area (Å²) in [6.45, 7) is 1.90. The monoisotopic (exact) mass is 218 g/mol. The second-order valence-corrected chi connectivity index (χ2v) is 3.48. The van der Waals surface area contributed by atoms with Crippen LogP contribution in [-0.2, 0) is 0 Å². The van der Waals surface area contributed by atoms with Crippen LogP contribution in [0.1, 0.15) is 13.3 Å². The third-order valence-corrected chi connectivity index (χ3v) is 1.96. The molecule has 0 aliphatic heterocycles. The van der Waals surface area contributed by atoms with Crippen LogP contribution in [0.4, 0.5) is 10.2 Å². The molecule has 0 saturated heterocycles. The number of anilines is 1. The van der Waals surface area contributed by atoms with Gasteiger partial charge in [-0.3, -0.25) is 0 Å². The van der Waals surface area contributed by atoms with Gasteiger partial charge in [0.1, 0.15) is 0 Å². The molecule has 5 heteroatoms. The fourth-order valence-corrected chi connectivity index (χ4v) is 1.16. The van der Waals surface area contributed by atoms with Gasteiger partial charge in [-0.05, 0) is 19.4 Å². The van der Waals surface area contributed by atoms with Crippen molar-refractivity contribution in [2.45, 2.75) is 19.4 Å². The summed E-state index contributed by atoms with van der Waals surface area (Å²) in [5.74, 6) is -0.322. The quantitative estimate of drug-likeness (QED) is 0.813. The van der Waals surface area contributed by atoms with E-state index in [9.17, 15) is 4.39 Å². The Hall–Kier alpha value is -0.870. The minimum Gasteiger partial charge on any atom is -0.396 e. The Morgan fingerprint density at radius 3 is 3.00 bits per heavy atom. The first-order valence-corrected chi connectivity index (χ1v) is 4.69. The lowest BCUT2D eigenvalue weighted by molar-refractivity contribution is 0.282. The van der Waals surface area contributed by atoms with Crippen LogP contribution < -0.4 is 5.32 Å². The molecule has 0 spiro atoms. The molecule has 0 aliphatic rings. The standard InChI is InChI=1S/C9H12ClFN2O/c1-6(2-3-14)13-9-8(11)4-7(10)5-12-9/h4-6,14H,2-3H2,1H3,(H,12,13). The smallest absolute Gasteiger partial charge is 0.166 e. The number of pyridine rings is 1. The minimum atomic E-state index is -0.484. The first kappa shape index (κ1) is 11.2. The summed E-state index contributed by atoms with van der Waals surface area (Å²) in [5, 5.41) is 11.8. The van der Waals surface area contributed by atoms with Crippen LogP contribution >= 0.6 is 11.6 Å². The summed E-state index contributed by atoms with van der Waals surface area (Å²) in [6, 6.07) is 1.17. The van der Waals surface area contributed by atoms with Gasteiger partial charge >= 0.3 is 0 Å². The highest BCUT2D eigenvalue weighted by Crippen LogP contribution is 2.16. The van der Waals surface area contributed by atoms with Crippen molar-refractivity contribution in [3.63, 3.8) is 0 Å². The maximum absolute atomic E-state index is 13.2. The number of halogens is 2. The van der Waals surface area contributed by atoms with E-state index in [4.69, 9.17) is 16.7 Å². The maximum atomic E-state index is 13.2. The van der Waals surface area contributed by atoms with Gasteiger partial charge in [-0.1, -0.05) is 11.6 Å². The third-order valence-electron chi connectivity index (χ3n) is 1.75. The van der Waals surface area contributed by atoms with Gasteiger partial charge in [0.25, 0.3) is 0 Å². The fourth-order valence-electron chi connectivity index (χ4n) is 1.02. The largest absolute Gasteiger partial charge is 0.396 e. The summed E-state index contributed by atoms with van der Waals surface area (Å²) in [7, 11) is 0. The molecule has 14 heavy (non-hydrogen) atoms. The van der Waals surface area contributed by atoms with Crippen molar-refractivity contribution in [1.29, 1.82) is 0 Å². The lowest BCUT2D eigenvalue weighted by Gasteiger charge is -2.13. The van der Waals surface area contributed by atoms with E-state index < -0.39 is 5.82 Å². The van der Waals surface area contributed by atoms with Crippen LogP contribution in [0.3, 0.4) is 0 Å². The number of aliphatic hydroxyl groups excluding tert-OH is 1. The molecule has 0 aromatic carbocycles. The molecular weight excluding hydrogens is 207 g/mol. The normalized spacial score (nSPS) is 12.6. The number of hydrogen-bond donors (Lipinski definition) is 2. The molecule has 0 saturated carbocycles. The Balaban J connectivity index is 2.67. The van der Waals surface area contributed by atoms with Crippen LogP contribution in [-0.4, -0.2) is 22.7 Å². The van der Waals surface area contributed by atoms with Gasteiger partial charge in [0.2, 0.25) is 0 Å². The summed E-state index contributed by atoms with van der Waals surface area (Å²) in [5.41, 5.74) is 0. The SMILES string of the molecule is CC(CCO)Nc1ncc(Cl)cc1F. The Kier molecular flexibility index (Phi) is 4.10. The lowest BCUT2D eigenvalue weighted by Crippen LogP contribution is -2.18. The highest BCUT2D eigenvalue weighted by atomic mass is 35.5. The Labute approximate surface area is 86.9 Å². The van der Waals surface area contributed by atoms with E-state index in [1.54, 1.807) is 0 Å². The van der Waals surface area contributed by atoms with E-state index in [1.807, 2.05) is 6.92 Å². The molecule has 3 nitrogen and oxygen atoms in total. The van der Waals surface area contributed by atoms with E-state index in [0.717, 1.165) is 0 Å². The topological polar surface area (TPSA) is 45.1 Å². The highest BCUT2D eigenvalue weighted by Gasteiger charge is 2.07. The third kappa shape index (κ3) is 3.12. The summed E-state index contributed by atoms with van der Waals surface area (Å²) in [4.78, 5) is 3.80.